The van der Waals surface area contributed by atoms with E-state index in [1.165, 1.54) is 36.9 Å². The van der Waals surface area contributed by atoms with Crippen LogP contribution < -0.4 is 4.74 Å². The van der Waals surface area contributed by atoms with Gasteiger partial charge in [0.2, 0.25) is 11.8 Å². The molecule has 0 unspecified atom stereocenters. The second-order valence-electron chi connectivity index (χ2n) is 6.36. The number of likely N-dealkylation sites (N-methyl/N-ethyl adjacent to an activating group) is 2. The van der Waals surface area contributed by atoms with Gasteiger partial charge in [-0.3, -0.25) is 9.59 Å². The van der Waals surface area contributed by atoms with Gasteiger partial charge < -0.3 is 24.7 Å². The molecule has 156 valence electrons. The normalized spacial score (nSPS) is 10.2. The van der Waals surface area contributed by atoms with Gasteiger partial charge in [-0.25, -0.2) is 9.59 Å². The highest BCUT2D eigenvalue weighted by Crippen LogP contribution is 2.24. The zero-order valence-corrected chi connectivity index (χ0v) is 16.5. The van der Waals surface area contributed by atoms with Crippen molar-refractivity contribution in [1.29, 1.82) is 0 Å². The van der Waals surface area contributed by atoms with Crippen molar-refractivity contribution in [2.24, 2.45) is 0 Å². The van der Waals surface area contributed by atoms with Crippen molar-refractivity contribution in [2.45, 2.75) is 13.0 Å². The summed E-state index contributed by atoms with van der Waals surface area (Å²) in [6, 6.07) is 2.50. The highest BCUT2D eigenvalue weighted by molar-refractivity contribution is 6.03. The molecule has 2 N–H and O–H groups in total. The average molecular weight is 404 g/mol. The van der Waals surface area contributed by atoms with Crippen LogP contribution >= 0.6 is 0 Å². The molecule has 0 aromatic heterocycles. The van der Waals surface area contributed by atoms with E-state index in [1.807, 2.05) is 0 Å². The van der Waals surface area contributed by atoms with Crippen LogP contribution in [0.5, 0.6) is 5.75 Å². The van der Waals surface area contributed by atoms with Crippen LogP contribution in [-0.4, -0.2) is 77.1 Å². The van der Waals surface area contributed by atoms with E-state index in [4.69, 9.17) is 4.74 Å². The van der Waals surface area contributed by atoms with Crippen LogP contribution in [-0.2, 0) is 9.59 Å². The van der Waals surface area contributed by atoms with Crippen LogP contribution in [0.1, 0.15) is 26.3 Å². The van der Waals surface area contributed by atoms with Gasteiger partial charge in [0.1, 0.15) is 11.9 Å². The van der Waals surface area contributed by atoms with Gasteiger partial charge in [0.15, 0.2) is 0 Å². The Labute approximate surface area is 168 Å². The minimum atomic E-state index is -1.41. The van der Waals surface area contributed by atoms with Gasteiger partial charge in [0.05, 0.1) is 24.2 Å². The van der Waals surface area contributed by atoms with Crippen molar-refractivity contribution < 1.29 is 34.1 Å². The van der Waals surface area contributed by atoms with Crippen LogP contribution in [0.25, 0.3) is 0 Å². The lowest BCUT2D eigenvalue weighted by atomic mass is 10.0. The first-order valence-electron chi connectivity index (χ1n) is 8.54. The fourth-order valence-electron chi connectivity index (χ4n) is 2.70. The first-order chi connectivity index (χ1) is 13.5. The summed E-state index contributed by atoms with van der Waals surface area (Å²) in [5, 5.41) is 18.6. The van der Waals surface area contributed by atoms with Crippen molar-refractivity contribution >= 4 is 23.8 Å². The molecule has 0 bridgehead atoms. The lowest BCUT2D eigenvalue weighted by Gasteiger charge is -2.28. The fraction of sp³-hybridized carbons (Fsp3) is 0.300. The zero-order valence-electron chi connectivity index (χ0n) is 16.5. The molecule has 0 radical (unpaired) electrons. The number of hydrogen-bond donors (Lipinski definition) is 2. The van der Waals surface area contributed by atoms with Crippen LogP contribution in [0, 0.1) is 6.92 Å². The first kappa shape index (κ1) is 23.4. The molecule has 1 aromatic rings. The molecule has 1 aromatic carbocycles. The molecule has 0 aliphatic carbocycles. The molecular weight excluding hydrogens is 380 g/mol. The number of aromatic carboxylic acids is 2. The summed E-state index contributed by atoms with van der Waals surface area (Å²) in [6.07, 6.45) is 1.53. The summed E-state index contributed by atoms with van der Waals surface area (Å²) < 4.78 is 5.84. The van der Waals surface area contributed by atoms with Crippen molar-refractivity contribution in [1.82, 2.24) is 9.80 Å². The van der Waals surface area contributed by atoms with E-state index in [1.54, 1.807) is 0 Å². The molecule has 0 atom stereocenters. The second-order valence-corrected chi connectivity index (χ2v) is 6.36. The maximum Gasteiger partial charge on any atom is 0.336 e. The van der Waals surface area contributed by atoms with Crippen LogP contribution in [0.2, 0.25) is 0 Å². The smallest absolute Gasteiger partial charge is 0.336 e. The Kier molecular flexibility index (Phi) is 8.13. The van der Waals surface area contributed by atoms with Crippen molar-refractivity contribution in [2.75, 3.05) is 27.2 Å². The van der Waals surface area contributed by atoms with E-state index in [9.17, 15) is 29.4 Å². The largest absolute Gasteiger partial charge is 0.487 e. The average Bonchev–Trinajstić information content (AvgIpc) is 2.65. The number of ether oxygens (including phenoxy) is 1. The summed E-state index contributed by atoms with van der Waals surface area (Å²) in [7, 11) is 3.05. The highest BCUT2D eigenvalue weighted by Gasteiger charge is 2.23. The summed E-state index contributed by atoms with van der Waals surface area (Å²) >= 11 is 0. The van der Waals surface area contributed by atoms with Crippen LogP contribution in [0.3, 0.4) is 0 Å². The Morgan fingerprint density at radius 2 is 1.48 bits per heavy atom. The number of amides is 2. The Bertz CT molecular complexity index is 819. The summed E-state index contributed by atoms with van der Waals surface area (Å²) in [6.45, 7) is 8.43. The van der Waals surface area contributed by atoms with E-state index in [-0.39, 0.29) is 41.8 Å². The number of carbonyl (C=O) groups is 4. The lowest BCUT2D eigenvalue weighted by Crippen LogP contribution is -2.44. The SMILES string of the molecule is C=CC(=O)N(C)CC(CN(C)C(=O)C=C)Oc1cc(C)c(C(=O)O)c(C(=O)O)c1. The van der Waals surface area contributed by atoms with Gasteiger partial charge in [-0.05, 0) is 36.8 Å². The van der Waals surface area contributed by atoms with Gasteiger partial charge in [0, 0.05) is 14.1 Å². The highest BCUT2D eigenvalue weighted by atomic mass is 16.5. The molecule has 9 nitrogen and oxygen atoms in total. The topological polar surface area (TPSA) is 124 Å². The van der Waals surface area contributed by atoms with Gasteiger partial charge in [-0.2, -0.15) is 0 Å². The molecule has 9 heteroatoms. The maximum absolute atomic E-state index is 11.8. The third-order valence-corrected chi connectivity index (χ3v) is 4.11. The van der Waals surface area contributed by atoms with E-state index >= 15 is 0 Å². The van der Waals surface area contributed by atoms with Gasteiger partial charge in [-0.1, -0.05) is 13.2 Å². The summed E-state index contributed by atoms with van der Waals surface area (Å²) in [4.78, 5) is 49.1. The predicted octanol–water partition coefficient (Wildman–Crippen LogP) is 1.43. The Balaban J connectivity index is 3.26. The third-order valence-electron chi connectivity index (χ3n) is 4.11. The minimum Gasteiger partial charge on any atom is -0.487 e. The zero-order chi connectivity index (χ0) is 22.3. The van der Waals surface area contributed by atoms with E-state index in [0.717, 1.165) is 18.2 Å². The molecule has 0 saturated carbocycles. The van der Waals surface area contributed by atoms with E-state index < -0.39 is 23.6 Å². The molecule has 0 spiro atoms. The van der Waals surface area contributed by atoms with Crippen LogP contribution in [0.15, 0.2) is 37.4 Å². The van der Waals surface area contributed by atoms with Crippen molar-refractivity contribution in [3.05, 3.63) is 54.1 Å². The molecule has 0 fully saturated rings. The predicted molar refractivity (Wildman–Crippen MR) is 105 cm³/mol. The van der Waals surface area contributed by atoms with Crippen LogP contribution in [0.4, 0.5) is 0 Å². The van der Waals surface area contributed by atoms with E-state index in [2.05, 4.69) is 13.2 Å². The number of rotatable bonds is 10. The summed E-state index contributed by atoms with van der Waals surface area (Å²) in [5.41, 5.74) is -0.547. The number of carboxylic acids is 2. The Morgan fingerprint density at radius 1 is 1.00 bits per heavy atom. The molecule has 29 heavy (non-hydrogen) atoms. The minimum absolute atomic E-state index is 0.0712. The molecular formula is C20H24N2O7. The van der Waals surface area contributed by atoms with E-state index in [0.29, 0.717) is 0 Å². The first-order valence-corrected chi connectivity index (χ1v) is 8.54. The number of carboxylic acid groups (broad SMARTS) is 2. The molecule has 0 saturated heterocycles. The molecule has 1 rings (SSSR count). The Morgan fingerprint density at radius 3 is 1.86 bits per heavy atom. The third kappa shape index (κ3) is 6.20. The van der Waals surface area contributed by atoms with Crippen molar-refractivity contribution in [3.63, 3.8) is 0 Å². The summed E-state index contributed by atoms with van der Waals surface area (Å²) in [5.74, 6) is -3.39. The number of carbonyl (C=O) groups excluding carboxylic acids is 2. The van der Waals surface area contributed by atoms with Crippen molar-refractivity contribution in [3.8, 4) is 5.75 Å². The second kappa shape index (κ2) is 10.1. The number of benzene rings is 1. The molecule has 0 heterocycles. The number of aryl methyl sites for hydroxylation is 1. The lowest BCUT2D eigenvalue weighted by molar-refractivity contribution is -0.127. The monoisotopic (exact) mass is 404 g/mol. The van der Waals surface area contributed by atoms with Gasteiger partial charge in [-0.15, -0.1) is 0 Å². The standard InChI is InChI=1S/C20H24N2O7/c1-6-16(23)21(4)10-14(11-22(5)17(24)7-2)29-13-8-12(3)18(20(27)28)15(9-13)19(25)26/h6-9,14H,1-2,10-11H2,3-5H3,(H,25,26)(H,27,28). The fourth-order valence-corrected chi connectivity index (χ4v) is 2.70. The molecule has 0 aliphatic rings. The number of hydrogen-bond acceptors (Lipinski definition) is 5. The van der Waals surface area contributed by atoms with Gasteiger partial charge >= 0.3 is 11.9 Å². The quantitative estimate of drug-likeness (QED) is 0.565. The number of nitrogens with zero attached hydrogens (tertiary/aromatic N) is 2. The van der Waals surface area contributed by atoms with Gasteiger partial charge in [0.25, 0.3) is 0 Å². The Hall–Kier alpha value is -3.62. The maximum atomic E-state index is 11.8. The molecule has 2 amide bonds. The molecule has 0 aliphatic heterocycles.